The summed E-state index contributed by atoms with van der Waals surface area (Å²) in [5, 5.41) is 0. The zero-order chi connectivity index (χ0) is 20.5. The Morgan fingerprint density at radius 1 is 0.679 bits per heavy atom. The molecule has 0 aliphatic heterocycles. The summed E-state index contributed by atoms with van der Waals surface area (Å²) in [6.45, 7) is 5.44. The van der Waals surface area contributed by atoms with Crippen molar-refractivity contribution >= 4 is 11.9 Å². The van der Waals surface area contributed by atoms with E-state index in [4.69, 9.17) is 9.47 Å². The minimum Gasteiger partial charge on any atom is -0.465 e. The Labute approximate surface area is 173 Å². The Morgan fingerprint density at radius 2 is 1.07 bits per heavy atom. The molecule has 1 fully saturated rings. The molecule has 0 heterocycles. The van der Waals surface area contributed by atoms with E-state index in [1.165, 1.54) is 51.4 Å². The molecule has 4 nitrogen and oxygen atoms in total. The van der Waals surface area contributed by atoms with Crippen molar-refractivity contribution in [1.82, 2.24) is 0 Å². The summed E-state index contributed by atoms with van der Waals surface area (Å²) in [5.74, 6) is -0.641. The first-order valence-corrected chi connectivity index (χ1v) is 11.8. The van der Waals surface area contributed by atoms with Gasteiger partial charge in [0, 0.05) is 0 Å². The molecule has 1 saturated carbocycles. The predicted octanol–water partition coefficient (Wildman–Crippen LogP) is 6.41. The quantitative estimate of drug-likeness (QED) is 0.224. The van der Waals surface area contributed by atoms with Crippen LogP contribution in [0, 0.1) is 18.3 Å². The summed E-state index contributed by atoms with van der Waals surface area (Å²) in [6.07, 6.45) is 18.2. The van der Waals surface area contributed by atoms with Gasteiger partial charge in [-0.25, -0.2) is 0 Å². The predicted molar refractivity (Wildman–Crippen MR) is 114 cm³/mol. The number of carbonyl (C=O) groups excluding carboxylic acids is 2. The van der Waals surface area contributed by atoms with E-state index in [9.17, 15) is 9.59 Å². The Balaban J connectivity index is 2.13. The van der Waals surface area contributed by atoms with Gasteiger partial charge in [-0.1, -0.05) is 78.1 Å². The van der Waals surface area contributed by atoms with E-state index in [2.05, 4.69) is 20.3 Å². The molecule has 163 valence electrons. The number of unbranched alkanes of at least 4 members (excludes halogenated alkanes) is 10. The maximum absolute atomic E-state index is 12.3. The molecule has 28 heavy (non-hydrogen) atoms. The molecular formula is C24H43O4. The average molecular weight is 396 g/mol. The van der Waals surface area contributed by atoms with Crippen molar-refractivity contribution < 1.29 is 19.1 Å². The van der Waals surface area contributed by atoms with Crippen molar-refractivity contribution in [1.29, 1.82) is 0 Å². The standard InChI is InChI=1S/C24H43O4/c1-3-5-7-9-11-13-18-27-23(25)21-16-15-17-22(20-21)24(26)28-19-14-12-10-8-6-4-2/h15,21-22H,3-14,16-20H2,1-2H3. The number of rotatable bonds is 16. The van der Waals surface area contributed by atoms with Gasteiger partial charge in [0.05, 0.1) is 25.0 Å². The molecule has 0 amide bonds. The smallest absolute Gasteiger partial charge is 0.308 e. The molecule has 2 atom stereocenters. The minimum absolute atomic E-state index is 0.141. The highest BCUT2D eigenvalue weighted by molar-refractivity contribution is 5.77. The molecule has 0 aromatic heterocycles. The van der Waals surface area contributed by atoms with Gasteiger partial charge in [0.2, 0.25) is 0 Å². The molecule has 1 aliphatic carbocycles. The van der Waals surface area contributed by atoms with Crippen LogP contribution in [0.2, 0.25) is 0 Å². The van der Waals surface area contributed by atoms with Gasteiger partial charge in [-0.2, -0.15) is 0 Å². The zero-order valence-electron chi connectivity index (χ0n) is 18.4. The van der Waals surface area contributed by atoms with Crippen molar-refractivity contribution in [3.8, 4) is 0 Å². The van der Waals surface area contributed by atoms with Gasteiger partial charge in [0.1, 0.15) is 0 Å². The Hall–Kier alpha value is -1.06. The number of hydrogen-bond acceptors (Lipinski definition) is 4. The summed E-state index contributed by atoms with van der Waals surface area (Å²) < 4.78 is 10.9. The minimum atomic E-state index is -0.180. The third-order valence-corrected chi connectivity index (χ3v) is 5.62. The molecule has 1 aliphatic rings. The number of ether oxygens (including phenoxy) is 2. The summed E-state index contributed by atoms with van der Waals surface area (Å²) in [6, 6.07) is 0. The molecule has 0 aromatic carbocycles. The van der Waals surface area contributed by atoms with Crippen LogP contribution in [0.4, 0.5) is 0 Å². The fourth-order valence-corrected chi connectivity index (χ4v) is 3.77. The van der Waals surface area contributed by atoms with Crippen LogP contribution in [0.1, 0.15) is 110 Å². The third-order valence-electron chi connectivity index (χ3n) is 5.62. The fraction of sp³-hybridized carbons (Fsp3) is 0.875. The maximum atomic E-state index is 12.3. The Bertz CT molecular complexity index is 371. The summed E-state index contributed by atoms with van der Waals surface area (Å²) in [4.78, 5) is 24.6. The highest BCUT2D eigenvalue weighted by Crippen LogP contribution is 2.30. The van der Waals surface area contributed by atoms with Gasteiger partial charge < -0.3 is 9.47 Å². The van der Waals surface area contributed by atoms with Crippen LogP contribution in [0.5, 0.6) is 0 Å². The second-order valence-corrected chi connectivity index (χ2v) is 8.26. The fourth-order valence-electron chi connectivity index (χ4n) is 3.77. The lowest BCUT2D eigenvalue weighted by atomic mass is 9.81. The van der Waals surface area contributed by atoms with Crippen LogP contribution < -0.4 is 0 Å². The third kappa shape index (κ3) is 11.7. The van der Waals surface area contributed by atoms with Crippen LogP contribution >= 0.6 is 0 Å². The monoisotopic (exact) mass is 395 g/mol. The summed E-state index contributed by atoms with van der Waals surface area (Å²) in [5.41, 5.74) is 0. The van der Waals surface area contributed by atoms with Crippen molar-refractivity contribution in [2.24, 2.45) is 11.8 Å². The molecular weight excluding hydrogens is 352 g/mol. The molecule has 0 aromatic rings. The summed E-state index contributed by atoms with van der Waals surface area (Å²) >= 11 is 0. The van der Waals surface area contributed by atoms with E-state index in [-0.39, 0.29) is 23.8 Å². The van der Waals surface area contributed by atoms with Gasteiger partial charge in [-0.15, -0.1) is 0 Å². The van der Waals surface area contributed by atoms with Crippen molar-refractivity contribution in [2.45, 2.75) is 110 Å². The van der Waals surface area contributed by atoms with E-state index in [1.54, 1.807) is 0 Å². The number of carbonyl (C=O) groups is 2. The average Bonchev–Trinajstić information content (AvgIpc) is 2.72. The largest absolute Gasteiger partial charge is 0.465 e. The highest BCUT2D eigenvalue weighted by atomic mass is 16.5. The van der Waals surface area contributed by atoms with Crippen LogP contribution in [0.3, 0.4) is 0 Å². The first kappa shape index (κ1) is 25.0. The second kappa shape index (κ2) is 16.9. The van der Waals surface area contributed by atoms with E-state index in [0.29, 0.717) is 19.6 Å². The van der Waals surface area contributed by atoms with Gasteiger partial charge in [-0.05, 0) is 38.5 Å². The Kier molecular flexibility index (Phi) is 15.0. The van der Waals surface area contributed by atoms with Crippen LogP contribution in [-0.2, 0) is 19.1 Å². The van der Waals surface area contributed by atoms with Gasteiger partial charge in [0.25, 0.3) is 0 Å². The molecule has 4 heteroatoms. The topological polar surface area (TPSA) is 52.6 Å². The maximum Gasteiger partial charge on any atom is 0.308 e. The lowest BCUT2D eigenvalue weighted by molar-refractivity contribution is -0.154. The van der Waals surface area contributed by atoms with Crippen molar-refractivity contribution in [2.75, 3.05) is 13.2 Å². The van der Waals surface area contributed by atoms with Gasteiger partial charge >= 0.3 is 11.9 Å². The molecule has 0 bridgehead atoms. The van der Waals surface area contributed by atoms with Gasteiger partial charge in [0.15, 0.2) is 0 Å². The molecule has 2 unspecified atom stereocenters. The first-order chi connectivity index (χ1) is 13.7. The zero-order valence-corrected chi connectivity index (χ0v) is 18.4. The van der Waals surface area contributed by atoms with E-state index < -0.39 is 0 Å². The number of esters is 2. The molecule has 1 rings (SSSR count). The SMILES string of the molecule is CCCCCCCCOC(=O)C1C[CH]CC(C(=O)OCCCCCCCC)C1. The summed E-state index contributed by atoms with van der Waals surface area (Å²) in [7, 11) is 0. The van der Waals surface area contributed by atoms with Crippen molar-refractivity contribution in [3.63, 3.8) is 0 Å². The van der Waals surface area contributed by atoms with Crippen molar-refractivity contribution in [3.05, 3.63) is 6.42 Å². The van der Waals surface area contributed by atoms with Crippen LogP contribution in [0.15, 0.2) is 0 Å². The molecule has 1 radical (unpaired) electrons. The molecule has 0 N–H and O–H groups in total. The molecule has 0 spiro atoms. The van der Waals surface area contributed by atoms with E-state index >= 15 is 0 Å². The molecule has 0 saturated heterocycles. The normalized spacial score (nSPS) is 19.4. The van der Waals surface area contributed by atoms with E-state index in [0.717, 1.165) is 38.5 Å². The van der Waals surface area contributed by atoms with Gasteiger partial charge in [-0.3, -0.25) is 9.59 Å². The van der Waals surface area contributed by atoms with E-state index in [1.807, 2.05) is 0 Å². The lowest BCUT2D eigenvalue weighted by Crippen LogP contribution is -2.30. The number of hydrogen-bond donors (Lipinski definition) is 0. The second-order valence-electron chi connectivity index (χ2n) is 8.26. The lowest BCUT2D eigenvalue weighted by Gasteiger charge is -2.26. The first-order valence-electron chi connectivity index (χ1n) is 11.8. The highest BCUT2D eigenvalue weighted by Gasteiger charge is 2.33. The van der Waals surface area contributed by atoms with Crippen LogP contribution in [0.25, 0.3) is 0 Å². The Morgan fingerprint density at radius 3 is 1.50 bits per heavy atom. The van der Waals surface area contributed by atoms with Crippen LogP contribution in [-0.4, -0.2) is 25.2 Å².